The number of aromatic nitrogens is 2. The Morgan fingerprint density at radius 2 is 2.17 bits per heavy atom. The lowest BCUT2D eigenvalue weighted by Gasteiger charge is -2.12. The first kappa shape index (κ1) is 12.5. The number of rotatable bonds is 2. The molecule has 0 saturated heterocycles. The molecule has 0 spiro atoms. The maximum Gasteiger partial charge on any atom is 0.133 e. The van der Waals surface area contributed by atoms with E-state index in [4.69, 9.17) is 17.5 Å². The molecule has 0 atom stereocenters. The van der Waals surface area contributed by atoms with Crippen LogP contribution in [0.1, 0.15) is 30.9 Å². The summed E-state index contributed by atoms with van der Waals surface area (Å²) in [4.78, 5) is 7.26. The van der Waals surface area contributed by atoms with Crippen LogP contribution in [0.5, 0.6) is 0 Å². The number of hydrogen-bond acceptors (Lipinski definition) is 3. The Morgan fingerprint density at radius 3 is 2.83 bits per heavy atom. The molecular formula is C14H13N3S. The number of aromatic amines is 1. The summed E-state index contributed by atoms with van der Waals surface area (Å²) in [7, 11) is 0. The molecule has 0 aliphatic rings. The molecule has 2 aromatic rings. The number of nitrogens with one attached hydrogen (secondary N) is 1. The minimum Gasteiger partial charge on any atom is -0.346 e. The third-order valence-corrected chi connectivity index (χ3v) is 3.07. The molecule has 1 heterocycles. The average molecular weight is 255 g/mol. The lowest BCUT2D eigenvalue weighted by atomic mass is 9.98. The highest BCUT2D eigenvalue weighted by atomic mass is 32.1. The number of H-pyrrole nitrogens is 1. The van der Waals surface area contributed by atoms with Gasteiger partial charge in [0.15, 0.2) is 0 Å². The van der Waals surface area contributed by atoms with E-state index in [2.05, 4.69) is 29.9 Å². The van der Waals surface area contributed by atoms with Crippen LogP contribution in [0.4, 0.5) is 0 Å². The minimum atomic E-state index is 0.281. The second-order valence-electron chi connectivity index (χ2n) is 4.34. The van der Waals surface area contributed by atoms with Crippen molar-refractivity contribution < 1.29 is 0 Å². The summed E-state index contributed by atoms with van der Waals surface area (Å²) in [6, 6.07) is 9.62. The summed E-state index contributed by atoms with van der Waals surface area (Å²) >= 11 is 5.28. The van der Waals surface area contributed by atoms with Gasteiger partial charge in [0, 0.05) is 5.56 Å². The molecule has 0 aliphatic carbocycles. The first-order valence-corrected chi connectivity index (χ1v) is 6.12. The van der Waals surface area contributed by atoms with Crippen LogP contribution in [0.2, 0.25) is 0 Å². The van der Waals surface area contributed by atoms with Crippen LogP contribution in [-0.4, -0.2) is 9.97 Å². The van der Waals surface area contributed by atoms with Gasteiger partial charge in [-0.2, -0.15) is 5.26 Å². The Balaban J connectivity index is 2.68. The molecule has 1 aromatic heterocycles. The van der Waals surface area contributed by atoms with Gasteiger partial charge in [0.2, 0.25) is 0 Å². The summed E-state index contributed by atoms with van der Waals surface area (Å²) in [5.41, 5.74) is 3.56. The molecule has 0 unspecified atom stereocenters. The predicted molar refractivity (Wildman–Crippen MR) is 73.7 cm³/mol. The molecule has 0 radical (unpaired) electrons. The summed E-state index contributed by atoms with van der Waals surface area (Å²) in [6.07, 6.45) is 1.60. The summed E-state index contributed by atoms with van der Waals surface area (Å²) < 4.78 is 0.612. The van der Waals surface area contributed by atoms with Gasteiger partial charge in [-0.3, -0.25) is 0 Å². The van der Waals surface area contributed by atoms with Crippen molar-refractivity contribution in [3.8, 4) is 17.3 Å². The zero-order valence-corrected chi connectivity index (χ0v) is 11.1. The molecule has 1 aromatic carbocycles. The fourth-order valence-corrected chi connectivity index (χ4v) is 2.32. The summed E-state index contributed by atoms with van der Waals surface area (Å²) in [5.74, 6) is 0.281. The normalized spacial score (nSPS) is 10.3. The monoisotopic (exact) mass is 255 g/mol. The van der Waals surface area contributed by atoms with Crippen molar-refractivity contribution in [3.63, 3.8) is 0 Å². The van der Waals surface area contributed by atoms with Gasteiger partial charge < -0.3 is 4.98 Å². The van der Waals surface area contributed by atoms with Crippen molar-refractivity contribution in [1.82, 2.24) is 9.97 Å². The standard InChI is InChI=1S/C14H13N3S/c1-9(2)12-13(16-8-17-14(12)18)11-5-3-4-10(6-11)7-15/h3-6,8-9H,1-2H3,(H,16,17,18). The molecule has 1 N–H and O–H groups in total. The van der Waals surface area contributed by atoms with Gasteiger partial charge in [-0.05, 0) is 23.6 Å². The third kappa shape index (κ3) is 2.31. The molecule has 90 valence electrons. The third-order valence-electron chi connectivity index (χ3n) is 2.75. The minimum absolute atomic E-state index is 0.281. The van der Waals surface area contributed by atoms with E-state index < -0.39 is 0 Å². The van der Waals surface area contributed by atoms with Crippen LogP contribution in [0.15, 0.2) is 30.6 Å². The smallest absolute Gasteiger partial charge is 0.133 e. The molecule has 2 rings (SSSR count). The molecule has 0 saturated carbocycles. The van der Waals surface area contributed by atoms with E-state index in [0.717, 1.165) is 16.8 Å². The lowest BCUT2D eigenvalue weighted by Crippen LogP contribution is -1.99. The Morgan fingerprint density at radius 1 is 1.39 bits per heavy atom. The predicted octanol–water partition coefficient (Wildman–Crippen LogP) is 3.80. The average Bonchev–Trinajstić information content (AvgIpc) is 2.38. The molecule has 0 aliphatic heterocycles. The van der Waals surface area contributed by atoms with Crippen LogP contribution >= 0.6 is 12.2 Å². The summed E-state index contributed by atoms with van der Waals surface area (Å²) in [5, 5.41) is 8.95. The van der Waals surface area contributed by atoms with Gasteiger partial charge in [-0.25, -0.2) is 4.98 Å². The number of nitrogens with zero attached hydrogens (tertiary/aromatic N) is 2. The van der Waals surface area contributed by atoms with Crippen LogP contribution in [0.3, 0.4) is 0 Å². The molecule has 18 heavy (non-hydrogen) atoms. The molecule has 0 bridgehead atoms. The highest BCUT2D eigenvalue weighted by Gasteiger charge is 2.11. The quantitative estimate of drug-likeness (QED) is 0.830. The molecule has 4 heteroatoms. The Hall–Kier alpha value is -1.99. The van der Waals surface area contributed by atoms with Crippen LogP contribution in [-0.2, 0) is 0 Å². The number of nitriles is 1. The Labute approximate surface area is 111 Å². The van der Waals surface area contributed by atoms with E-state index in [1.165, 1.54) is 0 Å². The Bertz CT molecular complexity index is 665. The van der Waals surface area contributed by atoms with Gasteiger partial charge in [-0.15, -0.1) is 0 Å². The topological polar surface area (TPSA) is 52.5 Å². The van der Waals surface area contributed by atoms with Gasteiger partial charge in [0.05, 0.1) is 23.7 Å². The van der Waals surface area contributed by atoms with E-state index in [-0.39, 0.29) is 5.92 Å². The molecule has 3 nitrogen and oxygen atoms in total. The van der Waals surface area contributed by atoms with E-state index in [1.54, 1.807) is 12.4 Å². The van der Waals surface area contributed by atoms with Crippen LogP contribution < -0.4 is 0 Å². The van der Waals surface area contributed by atoms with Gasteiger partial charge >= 0.3 is 0 Å². The largest absolute Gasteiger partial charge is 0.346 e. The lowest BCUT2D eigenvalue weighted by molar-refractivity contribution is 0.844. The SMILES string of the molecule is CC(C)c1c(-c2cccc(C#N)c2)[nH]cnc1=S. The second kappa shape index (κ2) is 5.11. The van der Waals surface area contributed by atoms with Crippen LogP contribution in [0.25, 0.3) is 11.3 Å². The molecule has 0 fully saturated rings. The zero-order valence-electron chi connectivity index (χ0n) is 10.3. The highest BCUT2D eigenvalue weighted by molar-refractivity contribution is 7.71. The van der Waals surface area contributed by atoms with Crippen molar-refractivity contribution in [1.29, 1.82) is 5.26 Å². The molecular weight excluding hydrogens is 242 g/mol. The maximum absolute atomic E-state index is 8.95. The van der Waals surface area contributed by atoms with Crippen molar-refractivity contribution in [3.05, 3.63) is 46.4 Å². The van der Waals surface area contributed by atoms with E-state index in [9.17, 15) is 0 Å². The maximum atomic E-state index is 8.95. The number of benzene rings is 1. The highest BCUT2D eigenvalue weighted by Crippen LogP contribution is 2.27. The fourth-order valence-electron chi connectivity index (χ4n) is 1.93. The van der Waals surface area contributed by atoms with E-state index in [1.807, 2.05) is 18.2 Å². The second-order valence-corrected chi connectivity index (χ2v) is 4.73. The molecule has 0 amide bonds. The number of hydrogen-bond donors (Lipinski definition) is 1. The van der Waals surface area contributed by atoms with Crippen molar-refractivity contribution in [2.75, 3.05) is 0 Å². The van der Waals surface area contributed by atoms with E-state index in [0.29, 0.717) is 10.2 Å². The van der Waals surface area contributed by atoms with E-state index >= 15 is 0 Å². The van der Waals surface area contributed by atoms with Gasteiger partial charge in [-0.1, -0.05) is 38.2 Å². The van der Waals surface area contributed by atoms with Crippen LogP contribution in [0, 0.1) is 16.0 Å². The first-order valence-electron chi connectivity index (χ1n) is 5.71. The first-order chi connectivity index (χ1) is 8.63. The summed E-state index contributed by atoms with van der Waals surface area (Å²) in [6.45, 7) is 4.16. The van der Waals surface area contributed by atoms with Crippen molar-refractivity contribution in [2.24, 2.45) is 0 Å². The van der Waals surface area contributed by atoms with Gasteiger partial charge in [0.25, 0.3) is 0 Å². The Kier molecular flexibility index (Phi) is 3.54. The van der Waals surface area contributed by atoms with Gasteiger partial charge in [0.1, 0.15) is 4.64 Å². The fraction of sp³-hybridized carbons (Fsp3) is 0.214. The van der Waals surface area contributed by atoms with Crippen molar-refractivity contribution in [2.45, 2.75) is 19.8 Å². The van der Waals surface area contributed by atoms with Crippen molar-refractivity contribution >= 4 is 12.2 Å². The zero-order chi connectivity index (χ0) is 13.1.